The van der Waals surface area contributed by atoms with Crippen LogP contribution in [0.2, 0.25) is 0 Å². The molecule has 0 radical (unpaired) electrons. The van der Waals surface area contributed by atoms with Gasteiger partial charge in [0.25, 0.3) is 0 Å². The maximum absolute atomic E-state index is 11.8. The van der Waals surface area contributed by atoms with Crippen molar-refractivity contribution in [1.29, 1.82) is 0 Å². The lowest BCUT2D eigenvalue weighted by Crippen LogP contribution is -2.42. The summed E-state index contributed by atoms with van der Waals surface area (Å²) in [6.45, 7) is 4.95. The SMILES string of the molecule is Cc1ccnn1CC(=O)N1CCOCC1. The van der Waals surface area contributed by atoms with Gasteiger partial charge in [-0.15, -0.1) is 0 Å². The van der Waals surface area contributed by atoms with Crippen LogP contribution in [0.3, 0.4) is 0 Å². The van der Waals surface area contributed by atoms with Crippen LogP contribution in [0.15, 0.2) is 12.3 Å². The Kier molecular flexibility index (Phi) is 3.01. The molecule has 2 rings (SSSR count). The average Bonchev–Trinajstić information content (AvgIpc) is 2.66. The third kappa shape index (κ3) is 2.36. The van der Waals surface area contributed by atoms with E-state index in [0.29, 0.717) is 32.8 Å². The molecule has 15 heavy (non-hydrogen) atoms. The van der Waals surface area contributed by atoms with Gasteiger partial charge in [-0.05, 0) is 13.0 Å². The molecule has 0 aromatic carbocycles. The summed E-state index contributed by atoms with van der Waals surface area (Å²) in [7, 11) is 0. The van der Waals surface area contributed by atoms with Crippen molar-refractivity contribution in [3.05, 3.63) is 18.0 Å². The number of nitrogens with zero attached hydrogens (tertiary/aromatic N) is 3. The van der Waals surface area contributed by atoms with E-state index in [9.17, 15) is 4.79 Å². The highest BCUT2D eigenvalue weighted by Gasteiger charge is 2.17. The van der Waals surface area contributed by atoms with Crippen LogP contribution in [0.4, 0.5) is 0 Å². The van der Waals surface area contributed by atoms with E-state index in [1.807, 2.05) is 17.9 Å². The lowest BCUT2D eigenvalue weighted by Gasteiger charge is -2.26. The highest BCUT2D eigenvalue weighted by atomic mass is 16.5. The van der Waals surface area contributed by atoms with E-state index in [0.717, 1.165) is 5.69 Å². The van der Waals surface area contributed by atoms with Gasteiger partial charge < -0.3 is 9.64 Å². The van der Waals surface area contributed by atoms with Gasteiger partial charge in [0.05, 0.1) is 13.2 Å². The second-order valence-corrected chi connectivity index (χ2v) is 3.62. The Morgan fingerprint density at radius 3 is 2.87 bits per heavy atom. The summed E-state index contributed by atoms with van der Waals surface area (Å²) in [5, 5.41) is 4.09. The topological polar surface area (TPSA) is 47.4 Å². The molecule has 0 spiro atoms. The Hall–Kier alpha value is -1.36. The molecule has 1 aliphatic heterocycles. The molecule has 1 amide bonds. The molecule has 0 unspecified atom stereocenters. The minimum Gasteiger partial charge on any atom is -0.378 e. The third-order valence-electron chi connectivity index (χ3n) is 2.58. The maximum Gasteiger partial charge on any atom is 0.244 e. The second kappa shape index (κ2) is 4.44. The molecule has 0 aliphatic carbocycles. The summed E-state index contributed by atoms with van der Waals surface area (Å²) < 4.78 is 6.91. The third-order valence-corrected chi connectivity index (χ3v) is 2.58. The highest BCUT2D eigenvalue weighted by molar-refractivity contribution is 5.76. The summed E-state index contributed by atoms with van der Waals surface area (Å²) in [6, 6.07) is 1.90. The minimum absolute atomic E-state index is 0.116. The molecule has 0 bridgehead atoms. The average molecular weight is 209 g/mol. The van der Waals surface area contributed by atoms with Gasteiger partial charge in [0, 0.05) is 25.0 Å². The first kappa shape index (κ1) is 10.2. The van der Waals surface area contributed by atoms with Gasteiger partial charge in [-0.25, -0.2) is 0 Å². The fraction of sp³-hybridized carbons (Fsp3) is 0.600. The molecule has 5 nitrogen and oxygen atoms in total. The molecule has 0 atom stereocenters. The first-order valence-corrected chi connectivity index (χ1v) is 5.11. The smallest absolute Gasteiger partial charge is 0.244 e. The molecule has 82 valence electrons. The number of hydrogen-bond acceptors (Lipinski definition) is 3. The van der Waals surface area contributed by atoms with Crippen LogP contribution >= 0.6 is 0 Å². The van der Waals surface area contributed by atoms with Crippen molar-refractivity contribution in [2.75, 3.05) is 26.3 Å². The summed E-state index contributed by atoms with van der Waals surface area (Å²) in [5.74, 6) is 0.116. The number of amides is 1. The van der Waals surface area contributed by atoms with Crippen LogP contribution < -0.4 is 0 Å². The molecule has 0 saturated carbocycles. The van der Waals surface area contributed by atoms with Gasteiger partial charge in [-0.2, -0.15) is 5.10 Å². The van der Waals surface area contributed by atoms with Crippen LogP contribution in [0.25, 0.3) is 0 Å². The van der Waals surface area contributed by atoms with Crippen LogP contribution in [0, 0.1) is 6.92 Å². The van der Waals surface area contributed by atoms with E-state index in [2.05, 4.69) is 5.10 Å². The number of rotatable bonds is 2. The minimum atomic E-state index is 0.116. The Labute approximate surface area is 88.6 Å². The summed E-state index contributed by atoms with van der Waals surface area (Å²) in [5.41, 5.74) is 1.01. The zero-order valence-corrected chi connectivity index (χ0v) is 8.85. The van der Waals surface area contributed by atoms with Crippen molar-refractivity contribution in [1.82, 2.24) is 14.7 Å². The quantitative estimate of drug-likeness (QED) is 0.691. The van der Waals surface area contributed by atoms with Crippen molar-refractivity contribution in [2.45, 2.75) is 13.5 Å². The Balaban J connectivity index is 1.94. The molecule has 1 aliphatic rings. The first-order chi connectivity index (χ1) is 7.27. The number of carbonyl (C=O) groups excluding carboxylic acids is 1. The molecule has 1 aromatic heterocycles. The summed E-state index contributed by atoms with van der Waals surface area (Å²) in [6.07, 6.45) is 1.71. The monoisotopic (exact) mass is 209 g/mol. The van der Waals surface area contributed by atoms with Crippen molar-refractivity contribution < 1.29 is 9.53 Å². The van der Waals surface area contributed by atoms with E-state index in [4.69, 9.17) is 4.74 Å². The van der Waals surface area contributed by atoms with Gasteiger partial charge in [0.1, 0.15) is 6.54 Å². The lowest BCUT2D eigenvalue weighted by atomic mass is 10.4. The van der Waals surface area contributed by atoms with Crippen molar-refractivity contribution >= 4 is 5.91 Å². The largest absolute Gasteiger partial charge is 0.378 e. The Morgan fingerprint density at radius 2 is 2.27 bits per heavy atom. The zero-order valence-electron chi connectivity index (χ0n) is 8.85. The molecule has 1 aromatic rings. The fourth-order valence-corrected chi connectivity index (χ4v) is 1.61. The maximum atomic E-state index is 11.8. The van der Waals surface area contributed by atoms with Crippen LogP contribution in [-0.4, -0.2) is 46.9 Å². The second-order valence-electron chi connectivity index (χ2n) is 3.62. The molecule has 0 N–H and O–H groups in total. The molecule has 1 fully saturated rings. The number of ether oxygens (including phenoxy) is 1. The number of carbonyl (C=O) groups is 1. The van der Waals surface area contributed by atoms with Gasteiger partial charge in [0.2, 0.25) is 5.91 Å². The molecular weight excluding hydrogens is 194 g/mol. The van der Waals surface area contributed by atoms with E-state index >= 15 is 0 Å². The van der Waals surface area contributed by atoms with Crippen LogP contribution in [-0.2, 0) is 16.1 Å². The predicted molar refractivity (Wildman–Crippen MR) is 54.4 cm³/mol. The predicted octanol–water partition coefficient (Wildman–Crippen LogP) is 0.0503. The number of morpholine rings is 1. The van der Waals surface area contributed by atoms with E-state index in [1.54, 1.807) is 10.9 Å². The van der Waals surface area contributed by atoms with Gasteiger partial charge in [0.15, 0.2) is 0 Å². The Bertz CT molecular complexity index is 342. The number of aromatic nitrogens is 2. The van der Waals surface area contributed by atoms with Crippen molar-refractivity contribution in [3.63, 3.8) is 0 Å². The normalized spacial score (nSPS) is 16.7. The molecule has 5 heteroatoms. The lowest BCUT2D eigenvalue weighted by molar-refractivity contribution is -0.136. The molecular formula is C10H15N3O2. The summed E-state index contributed by atoms with van der Waals surface area (Å²) in [4.78, 5) is 13.7. The molecule has 2 heterocycles. The fourth-order valence-electron chi connectivity index (χ4n) is 1.61. The van der Waals surface area contributed by atoms with Crippen molar-refractivity contribution in [2.24, 2.45) is 0 Å². The standard InChI is InChI=1S/C10H15N3O2/c1-9-2-3-11-13(9)8-10(14)12-4-6-15-7-5-12/h2-3H,4-8H2,1H3. The van der Waals surface area contributed by atoms with Gasteiger partial charge >= 0.3 is 0 Å². The van der Waals surface area contributed by atoms with E-state index in [1.165, 1.54) is 0 Å². The first-order valence-electron chi connectivity index (χ1n) is 5.11. The van der Waals surface area contributed by atoms with Gasteiger partial charge in [-0.1, -0.05) is 0 Å². The molecule has 1 saturated heterocycles. The number of aryl methyl sites for hydroxylation is 1. The van der Waals surface area contributed by atoms with E-state index < -0.39 is 0 Å². The van der Waals surface area contributed by atoms with Crippen LogP contribution in [0.1, 0.15) is 5.69 Å². The zero-order chi connectivity index (χ0) is 10.7. The van der Waals surface area contributed by atoms with Gasteiger partial charge in [-0.3, -0.25) is 9.48 Å². The van der Waals surface area contributed by atoms with Crippen molar-refractivity contribution in [3.8, 4) is 0 Å². The highest BCUT2D eigenvalue weighted by Crippen LogP contribution is 2.01. The Morgan fingerprint density at radius 1 is 1.53 bits per heavy atom. The summed E-state index contributed by atoms with van der Waals surface area (Å²) >= 11 is 0. The van der Waals surface area contributed by atoms with E-state index in [-0.39, 0.29) is 5.91 Å². The van der Waals surface area contributed by atoms with Crippen LogP contribution in [0.5, 0.6) is 0 Å². The number of hydrogen-bond donors (Lipinski definition) is 0.